The van der Waals surface area contributed by atoms with Crippen molar-refractivity contribution in [3.63, 3.8) is 0 Å². The Morgan fingerprint density at radius 1 is 1.33 bits per heavy atom. The Hall–Kier alpha value is -1.36. The van der Waals surface area contributed by atoms with Gasteiger partial charge in [-0.15, -0.1) is 11.3 Å². The van der Waals surface area contributed by atoms with Crippen LogP contribution in [0.3, 0.4) is 0 Å². The van der Waals surface area contributed by atoms with Crippen LogP contribution >= 0.6 is 11.3 Å². The standard InChI is InChI=1S/C13H16N2O2S/c1-7-5-9(7)12(16)14-15-13(17)11-6-8-3-2-4-10(8)18-11/h6-7,9H,2-5H2,1H3,(H,14,16)(H,15,17). The molecule has 18 heavy (non-hydrogen) atoms. The Kier molecular flexibility index (Phi) is 2.86. The smallest absolute Gasteiger partial charge is 0.273 e. The molecular weight excluding hydrogens is 248 g/mol. The Morgan fingerprint density at radius 3 is 2.78 bits per heavy atom. The molecule has 0 aliphatic heterocycles. The lowest BCUT2D eigenvalue weighted by Gasteiger charge is -2.05. The van der Waals surface area contributed by atoms with Gasteiger partial charge in [0.15, 0.2) is 0 Å². The van der Waals surface area contributed by atoms with Gasteiger partial charge in [-0.2, -0.15) is 0 Å². The summed E-state index contributed by atoms with van der Waals surface area (Å²) in [6.45, 7) is 2.04. The number of hydrogen-bond donors (Lipinski definition) is 2. The monoisotopic (exact) mass is 264 g/mol. The van der Waals surface area contributed by atoms with Crippen molar-refractivity contribution in [1.82, 2.24) is 10.9 Å². The molecule has 1 saturated carbocycles. The average Bonchev–Trinajstić information content (AvgIpc) is 2.77. The summed E-state index contributed by atoms with van der Waals surface area (Å²) in [5.41, 5.74) is 6.31. The van der Waals surface area contributed by atoms with Crippen molar-refractivity contribution in [2.75, 3.05) is 0 Å². The zero-order valence-electron chi connectivity index (χ0n) is 10.3. The number of carbonyl (C=O) groups is 2. The van der Waals surface area contributed by atoms with Crippen LogP contribution in [0, 0.1) is 11.8 Å². The summed E-state index contributed by atoms with van der Waals surface area (Å²) in [5.74, 6) is 0.266. The minimum absolute atomic E-state index is 0.0695. The lowest BCUT2D eigenvalue weighted by Crippen LogP contribution is -2.42. The fraction of sp³-hybridized carbons (Fsp3) is 0.538. The molecule has 4 nitrogen and oxygen atoms in total. The fourth-order valence-corrected chi connectivity index (χ4v) is 3.55. The molecule has 1 heterocycles. The van der Waals surface area contributed by atoms with E-state index in [2.05, 4.69) is 10.9 Å². The zero-order valence-corrected chi connectivity index (χ0v) is 11.1. The van der Waals surface area contributed by atoms with Gasteiger partial charge < -0.3 is 0 Å². The molecule has 2 atom stereocenters. The van der Waals surface area contributed by atoms with Crippen molar-refractivity contribution < 1.29 is 9.59 Å². The summed E-state index contributed by atoms with van der Waals surface area (Å²) in [7, 11) is 0. The molecule has 1 aromatic rings. The molecule has 1 aromatic heterocycles. The van der Waals surface area contributed by atoms with Crippen LogP contribution in [0.1, 0.15) is 39.9 Å². The minimum Gasteiger partial charge on any atom is -0.273 e. The molecule has 0 aromatic carbocycles. The lowest BCUT2D eigenvalue weighted by atomic mass is 10.2. The second-order valence-corrected chi connectivity index (χ2v) is 6.31. The molecule has 2 aliphatic carbocycles. The summed E-state index contributed by atoms with van der Waals surface area (Å²) in [5, 5.41) is 0. The molecule has 2 amide bonds. The normalized spacial score (nSPS) is 24.5. The van der Waals surface area contributed by atoms with Gasteiger partial charge in [0.05, 0.1) is 4.88 Å². The van der Waals surface area contributed by atoms with Crippen molar-refractivity contribution in [2.45, 2.75) is 32.6 Å². The molecule has 2 unspecified atom stereocenters. The molecule has 5 heteroatoms. The van der Waals surface area contributed by atoms with Gasteiger partial charge in [0.2, 0.25) is 5.91 Å². The maximum Gasteiger partial charge on any atom is 0.279 e. The van der Waals surface area contributed by atoms with Crippen LogP contribution in [0.25, 0.3) is 0 Å². The maximum absolute atomic E-state index is 11.9. The van der Waals surface area contributed by atoms with Gasteiger partial charge >= 0.3 is 0 Å². The molecular formula is C13H16N2O2S. The van der Waals surface area contributed by atoms with Crippen LogP contribution in [0.2, 0.25) is 0 Å². The van der Waals surface area contributed by atoms with E-state index in [0.717, 1.165) is 19.3 Å². The van der Waals surface area contributed by atoms with Crippen LogP contribution in [0.4, 0.5) is 0 Å². The summed E-state index contributed by atoms with van der Waals surface area (Å²) in [6, 6.07) is 1.95. The van der Waals surface area contributed by atoms with E-state index in [1.54, 1.807) is 11.3 Å². The molecule has 0 saturated heterocycles. The van der Waals surface area contributed by atoms with Crippen LogP contribution in [-0.4, -0.2) is 11.8 Å². The number of carbonyl (C=O) groups excluding carboxylic acids is 2. The number of rotatable bonds is 2. The lowest BCUT2D eigenvalue weighted by molar-refractivity contribution is -0.123. The van der Waals surface area contributed by atoms with Gasteiger partial charge in [0.25, 0.3) is 5.91 Å². The van der Waals surface area contributed by atoms with Crippen LogP contribution in [-0.2, 0) is 17.6 Å². The molecule has 1 fully saturated rings. The summed E-state index contributed by atoms with van der Waals surface area (Å²) >= 11 is 1.54. The first-order valence-electron chi connectivity index (χ1n) is 6.37. The first-order chi connectivity index (χ1) is 8.65. The first kappa shape index (κ1) is 11.7. The molecule has 0 spiro atoms. The first-order valence-corrected chi connectivity index (χ1v) is 7.18. The van der Waals surface area contributed by atoms with Gasteiger partial charge in [0, 0.05) is 10.8 Å². The van der Waals surface area contributed by atoms with Gasteiger partial charge in [-0.25, -0.2) is 0 Å². The number of fused-ring (bicyclic) bond motifs is 1. The number of hydrogen-bond acceptors (Lipinski definition) is 3. The third-order valence-electron chi connectivity index (χ3n) is 3.72. The van der Waals surface area contributed by atoms with E-state index in [1.165, 1.54) is 16.9 Å². The molecule has 96 valence electrons. The van der Waals surface area contributed by atoms with Crippen molar-refractivity contribution >= 4 is 23.2 Å². The van der Waals surface area contributed by atoms with Gasteiger partial charge in [-0.1, -0.05) is 6.92 Å². The summed E-state index contributed by atoms with van der Waals surface area (Å²) in [6.07, 6.45) is 4.28. The third-order valence-corrected chi connectivity index (χ3v) is 4.95. The van der Waals surface area contributed by atoms with E-state index in [4.69, 9.17) is 0 Å². The number of aryl methyl sites for hydroxylation is 2. The quantitative estimate of drug-likeness (QED) is 0.798. The molecule has 3 rings (SSSR count). The Balaban J connectivity index is 1.56. The molecule has 0 radical (unpaired) electrons. The van der Waals surface area contributed by atoms with E-state index in [9.17, 15) is 9.59 Å². The highest BCUT2D eigenvalue weighted by Crippen LogP contribution is 2.37. The van der Waals surface area contributed by atoms with Crippen LogP contribution in [0.5, 0.6) is 0 Å². The molecule has 2 N–H and O–H groups in total. The fourth-order valence-electron chi connectivity index (χ4n) is 2.40. The average molecular weight is 264 g/mol. The van der Waals surface area contributed by atoms with Gasteiger partial charge in [0.1, 0.15) is 0 Å². The topological polar surface area (TPSA) is 58.2 Å². The number of amides is 2. The van der Waals surface area contributed by atoms with Crippen molar-refractivity contribution in [1.29, 1.82) is 0 Å². The second kappa shape index (κ2) is 4.39. The SMILES string of the molecule is CC1CC1C(=O)NNC(=O)c1cc2c(s1)CCC2. The Labute approximate surface area is 110 Å². The summed E-state index contributed by atoms with van der Waals surface area (Å²) < 4.78 is 0. The number of nitrogens with one attached hydrogen (secondary N) is 2. The van der Waals surface area contributed by atoms with Gasteiger partial charge in [-0.3, -0.25) is 20.4 Å². The highest BCUT2D eigenvalue weighted by molar-refractivity contribution is 7.14. The maximum atomic E-state index is 11.9. The van der Waals surface area contributed by atoms with E-state index < -0.39 is 0 Å². The predicted octanol–water partition coefficient (Wildman–Crippen LogP) is 1.65. The van der Waals surface area contributed by atoms with Crippen molar-refractivity contribution in [3.8, 4) is 0 Å². The van der Waals surface area contributed by atoms with Crippen molar-refractivity contribution in [2.24, 2.45) is 11.8 Å². The largest absolute Gasteiger partial charge is 0.279 e. The predicted molar refractivity (Wildman–Crippen MR) is 69.2 cm³/mol. The second-order valence-electron chi connectivity index (χ2n) is 5.18. The molecule has 0 bridgehead atoms. The van der Waals surface area contributed by atoms with E-state index >= 15 is 0 Å². The Bertz CT molecular complexity index is 488. The number of hydrazine groups is 1. The van der Waals surface area contributed by atoms with Gasteiger partial charge in [-0.05, 0) is 43.2 Å². The Morgan fingerprint density at radius 2 is 2.11 bits per heavy atom. The molecule has 2 aliphatic rings. The van der Waals surface area contributed by atoms with Crippen LogP contribution in [0.15, 0.2) is 6.07 Å². The highest BCUT2D eigenvalue weighted by Gasteiger charge is 2.39. The number of thiophene rings is 1. The van der Waals surface area contributed by atoms with E-state index in [0.29, 0.717) is 10.8 Å². The summed E-state index contributed by atoms with van der Waals surface area (Å²) in [4.78, 5) is 25.5. The zero-order chi connectivity index (χ0) is 12.7. The van der Waals surface area contributed by atoms with E-state index in [1.807, 2.05) is 13.0 Å². The minimum atomic E-state index is -0.198. The van der Waals surface area contributed by atoms with Crippen LogP contribution < -0.4 is 10.9 Å². The third kappa shape index (κ3) is 2.14. The van der Waals surface area contributed by atoms with Crippen molar-refractivity contribution in [3.05, 3.63) is 21.4 Å². The van der Waals surface area contributed by atoms with E-state index in [-0.39, 0.29) is 17.7 Å². The highest BCUT2D eigenvalue weighted by atomic mass is 32.1.